The van der Waals surface area contributed by atoms with E-state index in [4.69, 9.17) is 4.42 Å². The Labute approximate surface area is 178 Å². The summed E-state index contributed by atoms with van der Waals surface area (Å²) in [6.07, 6.45) is 1.29. The first-order chi connectivity index (χ1) is 14.3. The lowest BCUT2D eigenvalue weighted by atomic mass is 10.0. The predicted molar refractivity (Wildman–Crippen MR) is 119 cm³/mol. The van der Waals surface area contributed by atoms with Crippen LogP contribution in [0.1, 0.15) is 19.4 Å². The topological polar surface area (TPSA) is 82.8 Å². The zero-order chi connectivity index (χ0) is 21.7. The number of nitrogens with zero attached hydrogens (tertiary/aromatic N) is 1. The number of hydrogen-bond acceptors (Lipinski definition) is 5. The van der Waals surface area contributed by atoms with Crippen LogP contribution in [0.25, 0.3) is 11.0 Å². The van der Waals surface area contributed by atoms with Crippen molar-refractivity contribution in [2.45, 2.75) is 37.3 Å². The summed E-state index contributed by atoms with van der Waals surface area (Å²) in [6, 6.07) is 16.2. The van der Waals surface area contributed by atoms with Gasteiger partial charge in [-0.15, -0.1) is 0 Å². The quantitative estimate of drug-likeness (QED) is 0.516. The number of aliphatic hydroxyl groups is 1. The maximum atomic E-state index is 13.4. The Morgan fingerprint density at radius 1 is 1.07 bits per heavy atom. The molecule has 0 bridgehead atoms. The van der Waals surface area contributed by atoms with Gasteiger partial charge in [0.1, 0.15) is 5.58 Å². The Morgan fingerprint density at radius 3 is 2.47 bits per heavy atom. The van der Waals surface area contributed by atoms with Gasteiger partial charge in [0.15, 0.2) is 0 Å². The molecular formula is C23H30N2O4S. The van der Waals surface area contributed by atoms with Crippen LogP contribution < -0.4 is 5.32 Å². The monoisotopic (exact) mass is 430 g/mol. The number of aliphatic hydroxyl groups excluding tert-OH is 1. The van der Waals surface area contributed by atoms with Crippen LogP contribution in [0.5, 0.6) is 0 Å². The molecule has 30 heavy (non-hydrogen) atoms. The minimum atomic E-state index is -3.77. The molecule has 0 amide bonds. The van der Waals surface area contributed by atoms with Crippen LogP contribution >= 0.6 is 0 Å². The Bertz CT molecular complexity index is 1050. The average molecular weight is 431 g/mol. The predicted octanol–water partition coefficient (Wildman–Crippen LogP) is 3.27. The number of hydrogen-bond donors (Lipinski definition) is 2. The minimum absolute atomic E-state index is 0.0161. The van der Waals surface area contributed by atoms with Crippen molar-refractivity contribution in [3.63, 3.8) is 0 Å². The number of nitrogens with one attached hydrogen (secondary N) is 1. The van der Waals surface area contributed by atoms with Gasteiger partial charge >= 0.3 is 0 Å². The molecule has 3 rings (SSSR count). The largest absolute Gasteiger partial charge is 0.464 e. The molecule has 0 spiro atoms. The average Bonchev–Trinajstić information content (AvgIpc) is 3.19. The van der Waals surface area contributed by atoms with Crippen LogP contribution in [0.15, 0.2) is 70.2 Å². The number of benzene rings is 2. The molecule has 0 fully saturated rings. The minimum Gasteiger partial charge on any atom is -0.464 e. The fourth-order valence-corrected chi connectivity index (χ4v) is 5.22. The van der Waals surface area contributed by atoms with Crippen molar-refractivity contribution in [3.8, 4) is 0 Å². The Hall–Kier alpha value is -2.19. The van der Waals surface area contributed by atoms with E-state index in [1.807, 2.05) is 44.2 Å². The highest BCUT2D eigenvalue weighted by atomic mass is 32.2. The molecular weight excluding hydrogens is 400 g/mol. The van der Waals surface area contributed by atoms with E-state index in [1.54, 1.807) is 31.3 Å². The lowest BCUT2D eigenvalue weighted by Crippen LogP contribution is -2.48. The van der Waals surface area contributed by atoms with Gasteiger partial charge in [-0.2, -0.15) is 4.31 Å². The number of furan rings is 1. The molecule has 0 saturated heterocycles. The highest BCUT2D eigenvalue weighted by molar-refractivity contribution is 7.89. The van der Waals surface area contributed by atoms with Crippen LogP contribution in [-0.4, -0.2) is 50.1 Å². The molecule has 0 saturated carbocycles. The van der Waals surface area contributed by atoms with Crippen LogP contribution in [0.4, 0.5) is 0 Å². The molecule has 0 aliphatic rings. The van der Waals surface area contributed by atoms with Gasteiger partial charge in [-0.05, 0) is 49.2 Å². The first-order valence-electron chi connectivity index (χ1n) is 10.2. The van der Waals surface area contributed by atoms with E-state index in [1.165, 1.54) is 10.6 Å². The third kappa shape index (κ3) is 5.29. The van der Waals surface area contributed by atoms with E-state index >= 15 is 0 Å². The van der Waals surface area contributed by atoms with Crippen molar-refractivity contribution < 1.29 is 17.9 Å². The molecule has 2 aromatic carbocycles. The fourth-order valence-electron chi connectivity index (χ4n) is 3.57. The molecule has 7 heteroatoms. The maximum absolute atomic E-state index is 13.4. The van der Waals surface area contributed by atoms with E-state index in [0.717, 1.165) is 10.9 Å². The van der Waals surface area contributed by atoms with E-state index < -0.39 is 16.1 Å². The molecule has 0 unspecified atom stereocenters. The highest BCUT2D eigenvalue weighted by Crippen LogP contribution is 2.24. The zero-order valence-electron chi connectivity index (χ0n) is 17.7. The number of likely N-dealkylation sites (N-methyl/N-ethyl adjacent to an activating group) is 1. The number of sulfonamides is 1. The lowest BCUT2D eigenvalue weighted by Gasteiger charge is -2.30. The summed E-state index contributed by atoms with van der Waals surface area (Å²) in [5.41, 5.74) is 1.72. The standard InChI is InChI=1S/C23H30N2O4S/c1-17(2)15-25(16-22(26)21(24-3)13-18-7-5-4-6-8-18)30(27,28)20-9-10-23-19(14-20)11-12-29-23/h4-12,14,17,21-22,24,26H,13,15-16H2,1-3H3/t21-,22+/m0/s1. The van der Waals surface area contributed by atoms with E-state index in [0.29, 0.717) is 18.5 Å². The number of fused-ring (bicyclic) bond motifs is 1. The van der Waals surface area contributed by atoms with Crippen molar-refractivity contribution in [2.75, 3.05) is 20.1 Å². The summed E-state index contributed by atoms with van der Waals surface area (Å²) in [6.45, 7) is 4.27. The Kier molecular flexibility index (Phi) is 7.31. The van der Waals surface area contributed by atoms with Crippen LogP contribution in [-0.2, 0) is 16.4 Å². The Morgan fingerprint density at radius 2 is 1.80 bits per heavy atom. The van der Waals surface area contributed by atoms with Gasteiger partial charge in [-0.3, -0.25) is 0 Å². The molecule has 0 radical (unpaired) electrons. The van der Waals surface area contributed by atoms with E-state index in [-0.39, 0.29) is 23.4 Å². The second kappa shape index (κ2) is 9.75. The smallest absolute Gasteiger partial charge is 0.243 e. The van der Waals surface area contributed by atoms with Gasteiger partial charge in [0, 0.05) is 24.5 Å². The van der Waals surface area contributed by atoms with Gasteiger partial charge in [0.25, 0.3) is 0 Å². The molecule has 162 valence electrons. The van der Waals surface area contributed by atoms with Crippen molar-refractivity contribution in [1.29, 1.82) is 0 Å². The van der Waals surface area contributed by atoms with Crippen LogP contribution in [0.2, 0.25) is 0 Å². The fraction of sp³-hybridized carbons (Fsp3) is 0.391. The van der Waals surface area contributed by atoms with Crippen molar-refractivity contribution >= 4 is 21.0 Å². The van der Waals surface area contributed by atoms with Crippen molar-refractivity contribution in [1.82, 2.24) is 9.62 Å². The summed E-state index contributed by atoms with van der Waals surface area (Å²) < 4.78 is 33.5. The molecule has 2 N–H and O–H groups in total. The zero-order valence-corrected chi connectivity index (χ0v) is 18.5. The molecule has 2 atom stereocenters. The molecule has 0 aliphatic heterocycles. The second-order valence-corrected chi connectivity index (χ2v) is 9.93. The third-order valence-corrected chi connectivity index (χ3v) is 6.98. The SMILES string of the molecule is CN[C@@H](Cc1ccccc1)[C@H](O)CN(CC(C)C)S(=O)(=O)c1ccc2occc2c1. The van der Waals surface area contributed by atoms with Gasteiger partial charge in [0.2, 0.25) is 10.0 Å². The van der Waals surface area contributed by atoms with Crippen LogP contribution in [0.3, 0.4) is 0 Å². The maximum Gasteiger partial charge on any atom is 0.243 e. The first-order valence-corrected chi connectivity index (χ1v) is 11.6. The molecule has 3 aromatic rings. The van der Waals surface area contributed by atoms with Gasteiger partial charge in [-0.1, -0.05) is 44.2 Å². The van der Waals surface area contributed by atoms with Crippen molar-refractivity contribution in [2.24, 2.45) is 5.92 Å². The summed E-state index contributed by atoms with van der Waals surface area (Å²) in [4.78, 5) is 0.202. The first kappa shape index (κ1) is 22.5. The molecule has 1 aromatic heterocycles. The van der Waals surface area contributed by atoms with Gasteiger partial charge in [-0.25, -0.2) is 8.42 Å². The van der Waals surface area contributed by atoms with E-state index in [2.05, 4.69) is 5.32 Å². The number of rotatable bonds is 10. The summed E-state index contributed by atoms with van der Waals surface area (Å²) in [5.74, 6) is 0.117. The summed E-state index contributed by atoms with van der Waals surface area (Å²) >= 11 is 0. The van der Waals surface area contributed by atoms with Gasteiger partial charge in [0.05, 0.1) is 17.3 Å². The highest BCUT2D eigenvalue weighted by Gasteiger charge is 2.30. The molecule has 0 aliphatic carbocycles. The molecule has 1 heterocycles. The normalized spacial score (nSPS) is 14.5. The van der Waals surface area contributed by atoms with Crippen molar-refractivity contribution in [3.05, 3.63) is 66.4 Å². The lowest BCUT2D eigenvalue weighted by molar-refractivity contribution is 0.105. The summed E-state index contributed by atoms with van der Waals surface area (Å²) in [5, 5.41) is 14.8. The van der Waals surface area contributed by atoms with Crippen LogP contribution in [0, 0.1) is 5.92 Å². The Balaban J connectivity index is 1.83. The third-order valence-electron chi connectivity index (χ3n) is 5.15. The van der Waals surface area contributed by atoms with Gasteiger partial charge < -0.3 is 14.8 Å². The second-order valence-electron chi connectivity index (χ2n) is 7.99. The molecule has 6 nitrogen and oxygen atoms in total. The van der Waals surface area contributed by atoms with E-state index in [9.17, 15) is 13.5 Å². The summed E-state index contributed by atoms with van der Waals surface area (Å²) in [7, 11) is -1.99.